The molecule has 21 heteroatoms. The molecule has 0 aliphatic heterocycles. The van der Waals surface area contributed by atoms with Crippen molar-refractivity contribution in [2.75, 3.05) is 64.4 Å². The summed E-state index contributed by atoms with van der Waals surface area (Å²) in [5.74, 6) is -0.980. The van der Waals surface area contributed by atoms with Gasteiger partial charge in [0.1, 0.15) is 31.2 Å². The number of phosphoric acid groups is 1. The van der Waals surface area contributed by atoms with Crippen LogP contribution in [0, 0.1) is 0 Å². The molecule has 3 heterocycles. The molecule has 0 spiro atoms. The Labute approximate surface area is 327 Å². The number of hydrogen-bond donors (Lipinski definition) is 1. The van der Waals surface area contributed by atoms with Crippen LogP contribution in [-0.4, -0.2) is 120 Å². The van der Waals surface area contributed by atoms with Gasteiger partial charge in [0.25, 0.3) is 12.9 Å². The van der Waals surface area contributed by atoms with Gasteiger partial charge in [-0.1, -0.05) is 17.3 Å². The summed E-state index contributed by atoms with van der Waals surface area (Å²) in [6, 6.07) is 12.3. The van der Waals surface area contributed by atoms with E-state index in [1.54, 1.807) is 22.6 Å². The van der Waals surface area contributed by atoms with Gasteiger partial charge in [-0.05, 0) is 43.4 Å². The van der Waals surface area contributed by atoms with Crippen LogP contribution in [0.5, 0.6) is 0 Å². The molecule has 0 saturated carbocycles. The normalized spacial score (nSPS) is 12.8. The summed E-state index contributed by atoms with van der Waals surface area (Å²) in [4.78, 5) is 62.4. The van der Waals surface area contributed by atoms with Crippen molar-refractivity contribution < 1.29 is 61.4 Å². The lowest BCUT2D eigenvalue weighted by atomic mass is 10.1. The van der Waals surface area contributed by atoms with Crippen molar-refractivity contribution in [3.05, 3.63) is 60.7 Å². The third kappa shape index (κ3) is 15.4. The number of ether oxygens (including phenoxy) is 5. The Hall–Kier alpha value is -4.85. The zero-order valence-corrected chi connectivity index (χ0v) is 32.7. The summed E-state index contributed by atoms with van der Waals surface area (Å²) >= 11 is 1.69. The standard InChI is InChI=1S/C35H45N6O13PS/c1-39(29-9-7-27(8-10-29)32-21-40-20-31(56-2)11-12-33(40)36-32)13-14-41-19-28(37-38-41)22-51-35(45)5-3-15-48-17-18-50-34(44)6-4-16-53-55(46,47)54-24-30(52-26-43)23-49-25-42/h7-12,19-21,25-26,30H,3-6,13-18,22-24H2,1-2H3,(H,46,47). The van der Waals surface area contributed by atoms with Crippen molar-refractivity contribution in [1.82, 2.24) is 24.4 Å². The predicted molar refractivity (Wildman–Crippen MR) is 200 cm³/mol. The number of rotatable bonds is 28. The number of aromatic nitrogens is 5. The number of fused-ring (bicyclic) bond motifs is 1. The number of phosphoric ester groups is 1. The van der Waals surface area contributed by atoms with Gasteiger partial charge in [-0.2, -0.15) is 0 Å². The van der Waals surface area contributed by atoms with E-state index in [0.717, 1.165) is 22.6 Å². The Kier molecular flexibility index (Phi) is 18.2. The van der Waals surface area contributed by atoms with Gasteiger partial charge in [-0.3, -0.25) is 32.9 Å². The molecular formula is C35H45N6O13PS. The molecule has 19 nitrogen and oxygen atoms in total. The number of carbonyl (C=O) groups is 4. The molecular weight excluding hydrogens is 775 g/mol. The molecule has 304 valence electrons. The fourth-order valence-electron chi connectivity index (χ4n) is 4.91. The number of benzene rings is 1. The highest BCUT2D eigenvalue weighted by Gasteiger charge is 2.24. The minimum absolute atomic E-state index is 0.00273. The summed E-state index contributed by atoms with van der Waals surface area (Å²) in [5, 5.41) is 8.24. The van der Waals surface area contributed by atoms with Crippen LogP contribution in [0.4, 0.5) is 5.69 Å². The first-order valence-electron chi connectivity index (χ1n) is 17.5. The van der Waals surface area contributed by atoms with Gasteiger partial charge in [0.15, 0.2) is 6.10 Å². The molecule has 56 heavy (non-hydrogen) atoms. The molecule has 0 radical (unpaired) electrons. The molecule has 4 rings (SSSR count). The number of anilines is 1. The van der Waals surface area contributed by atoms with Crippen molar-refractivity contribution in [3.8, 4) is 11.3 Å². The lowest BCUT2D eigenvalue weighted by Gasteiger charge is -2.19. The van der Waals surface area contributed by atoms with Crippen LogP contribution in [0.2, 0.25) is 0 Å². The summed E-state index contributed by atoms with van der Waals surface area (Å²) in [6.07, 6.45) is 7.29. The Balaban J connectivity index is 1.01. The van der Waals surface area contributed by atoms with E-state index in [-0.39, 0.29) is 71.8 Å². The highest BCUT2D eigenvalue weighted by molar-refractivity contribution is 7.98. The largest absolute Gasteiger partial charge is 0.472 e. The molecule has 1 aromatic carbocycles. The maximum atomic E-state index is 12.2. The maximum absolute atomic E-state index is 12.2. The van der Waals surface area contributed by atoms with E-state index in [4.69, 9.17) is 28.2 Å². The summed E-state index contributed by atoms with van der Waals surface area (Å²) < 4.78 is 49.8. The number of imidazole rings is 1. The number of likely N-dealkylation sites (N-methyl/N-ethyl adjacent to an activating group) is 1. The van der Waals surface area contributed by atoms with Crippen molar-refractivity contribution in [3.63, 3.8) is 0 Å². The van der Waals surface area contributed by atoms with Gasteiger partial charge < -0.3 is 37.9 Å². The fourth-order valence-corrected chi connectivity index (χ4v) is 6.12. The maximum Gasteiger partial charge on any atom is 0.472 e. The van der Waals surface area contributed by atoms with Gasteiger partial charge in [-0.15, -0.1) is 16.9 Å². The van der Waals surface area contributed by atoms with E-state index < -0.39 is 32.5 Å². The molecule has 0 fully saturated rings. The van der Waals surface area contributed by atoms with Crippen LogP contribution in [-0.2, 0) is 69.6 Å². The first-order valence-corrected chi connectivity index (χ1v) is 20.2. The molecule has 3 aromatic heterocycles. The van der Waals surface area contributed by atoms with Crippen molar-refractivity contribution in [2.45, 2.75) is 49.8 Å². The summed E-state index contributed by atoms with van der Waals surface area (Å²) in [7, 11) is -2.51. The third-order valence-electron chi connectivity index (χ3n) is 7.86. The molecule has 4 aromatic rings. The van der Waals surface area contributed by atoms with E-state index in [0.29, 0.717) is 25.2 Å². The van der Waals surface area contributed by atoms with E-state index in [2.05, 4.69) is 61.2 Å². The van der Waals surface area contributed by atoms with Crippen LogP contribution in [0.3, 0.4) is 0 Å². The van der Waals surface area contributed by atoms with E-state index in [1.165, 1.54) is 4.90 Å². The van der Waals surface area contributed by atoms with Crippen LogP contribution >= 0.6 is 19.6 Å². The Bertz CT molecular complexity index is 1890. The van der Waals surface area contributed by atoms with Gasteiger partial charge >= 0.3 is 19.8 Å². The Morgan fingerprint density at radius 1 is 0.929 bits per heavy atom. The smallest absolute Gasteiger partial charge is 0.464 e. The second-order valence-electron chi connectivity index (χ2n) is 12.0. The van der Waals surface area contributed by atoms with Gasteiger partial charge in [-0.25, -0.2) is 9.55 Å². The van der Waals surface area contributed by atoms with Crippen LogP contribution in [0.25, 0.3) is 16.9 Å². The quantitative estimate of drug-likeness (QED) is 0.0216. The number of nitrogens with zero attached hydrogens (tertiary/aromatic N) is 6. The molecule has 1 N–H and O–H groups in total. The lowest BCUT2D eigenvalue weighted by molar-refractivity contribution is -0.145. The third-order valence-corrected chi connectivity index (χ3v) is 9.55. The van der Waals surface area contributed by atoms with Crippen LogP contribution in [0.1, 0.15) is 31.4 Å². The lowest BCUT2D eigenvalue weighted by Crippen LogP contribution is -2.24. The van der Waals surface area contributed by atoms with Crippen molar-refractivity contribution >= 4 is 55.8 Å². The first kappa shape index (κ1) is 43.9. The van der Waals surface area contributed by atoms with E-state index in [1.807, 2.05) is 30.0 Å². The Morgan fingerprint density at radius 2 is 1.70 bits per heavy atom. The fraction of sp³-hybridized carbons (Fsp3) is 0.457. The molecule has 0 aliphatic carbocycles. The van der Waals surface area contributed by atoms with Crippen LogP contribution < -0.4 is 4.90 Å². The average molecular weight is 821 g/mol. The Morgan fingerprint density at radius 3 is 2.45 bits per heavy atom. The number of pyridine rings is 1. The molecule has 0 aliphatic rings. The number of thioether (sulfide) groups is 1. The first-order chi connectivity index (χ1) is 27.1. The number of esters is 2. The topological polar surface area (TPSA) is 221 Å². The molecule has 2 unspecified atom stereocenters. The van der Waals surface area contributed by atoms with Crippen molar-refractivity contribution in [1.29, 1.82) is 0 Å². The zero-order valence-electron chi connectivity index (χ0n) is 31.0. The molecule has 0 amide bonds. The van der Waals surface area contributed by atoms with Crippen molar-refractivity contribution in [2.24, 2.45) is 0 Å². The van der Waals surface area contributed by atoms with Gasteiger partial charge in [0.05, 0.1) is 38.3 Å². The average Bonchev–Trinajstić information content (AvgIpc) is 3.85. The monoisotopic (exact) mass is 820 g/mol. The minimum atomic E-state index is -4.51. The van der Waals surface area contributed by atoms with Crippen LogP contribution in [0.15, 0.2) is 59.9 Å². The molecule has 2 atom stereocenters. The van der Waals surface area contributed by atoms with Gasteiger partial charge in [0, 0.05) is 61.6 Å². The highest BCUT2D eigenvalue weighted by Crippen LogP contribution is 2.43. The van der Waals surface area contributed by atoms with E-state index in [9.17, 15) is 28.6 Å². The number of carbonyl (C=O) groups excluding carboxylic acids is 4. The second-order valence-corrected chi connectivity index (χ2v) is 14.3. The predicted octanol–water partition coefficient (Wildman–Crippen LogP) is 3.46. The summed E-state index contributed by atoms with van der Waals surface area (Å²) in [5.41, 5.74) is 4.42. The zero-order chi connectivity index (χ0) is 40.2. The summed E-state index contributed by atoms with van der Waals surface area (Å²) in [6.45, 7) is 0.563. The SMILES string of the molecule is CSc1ccc2nc(-c3ccc(N(C)CCn4cc(COC(=O)CCCOCCOC(=O)CCCOP(=O)(O)OCC(COC=O)OC=O)nn4)cc3)cn2c1. The highest BCUT2D eigenvalue weighted by atomic mass is 32.2. The second kappa shape index (κ2) is 23.3. The molecule has 0 saturated heterocycles. The van der Waals surface area contributed by atoms with E-state index >= 15 is 0 Å². The number of hydrogen-bond acceptors (Lipinski definition) is 17. The van der Waals surface area contributed by atoms with Gasteiger partial charge in [0.2, 0.25) is 0 Å². The minimum Gasteiger partial charge on any atom is -0.464 e. The molecule has 0 bridgehead atoms.